The molecular weight excluding hydrogens is 396 g/mol. The second-order valence-corrected chi connectivity index (χ2v) is 7.62. The largest absolute Gasteiger partial charge is 0.496 e. The molecule has 6 nitrogen and oxygen atoms in total. The topological polar surface area (TPSA) is 60.3 Å². The molecule has 0 fully saturated rings. The molecule has 0 aliphatic carbocycles. The van der Waals surface area contributed by atoms with Crippen LogP contribution in [0, 0.1) is 0 Å². The number of rotatable bonds is 10. The molecule has 0 aliphatic heterocycles. The molecular formula is C23H28N4O2S. The summed E-state index contributed by atoms with van der Waals surface area (Å²) in [5.74, 6) is 1.69. The highest BCUT2D eigenvalue weighted by Crippen LogP contribution is 2.27. The summed E-state index contributed by atoms with van der Waals surface area (Å²) in [5.41, 5.74) is 2.80. The Morgan fingerprint density at radius 1 is 1.03 bits per heavy atom. The van der Waals surface area contributed by atoms with E-state index >= 15 is 0 Å². The van der Waals surface area contributed by atoms with Crippen LogP contribution in [0.3, 0.4) is 0 Å². The van der Waals surface area contributed by atoms with Crippen LogP contribution in [-0.2, 0) is 6.54 Å². The summed E-state index contributed by atoms with van der Waals surface area (Å²) in [6.07, 6.45) is 0. The molecule has 7 heteroatoms. The third-order valence-electron chi connectivity index (χ3n) is 5.03. The smallest absolute Gasteiger partial charge is 0.191 e. The van der Waals surface area contributed by atoms with Crippen LogP contribution in [0.25, 0.3) is 11.4 Å². The number of carbonyl (C=O) groups is 1. The highest BCUT2D eigenvalue weighted by Gasteiger charge is 2.17. The molecule has 3 rings (SSSR count). The SMILES string of the molecule is CCN(CC)c1ccc(-c2nnc(SCC(=O)c3ccccc3OC)n2CC)cc1. The van der Waals surface area contributed by atoms with E-state index < -0.39 is 0 Å². The van der Waals surface area contributed by atoms with E-state index in [1.807, 2.05) is 16.7 Å². The van der Waals surface area contributed by atoms with Crippen LogP contribution in [0.1, 0.15) is 31.1 Å². The predicted octanol–water partition coefficient (Wildman–Crippen LogP) is 4.79. The van der Waals surface area contributed by atoms with Crippen molar-refractivity contribution in [2.45, 2.75) is 32.5 Å². The van der Waals surface area contributed by atoms with E-state index in [2.05, 4.69) is 60.1 Å². The number of methoxy groups -OCH3 is 1. The van der Waals surface area contributed by atoms with Gasteiger partial charge in [0.05, 0.1) is 18.4 Å². The first-order valence-corrected chi connectivity index (χ1v) is 11.2. The molecule has 0 radical (unpaired) electrons. The Labute approximate surface area is 182 Å². The van der Waals surface area contributed by atoms with Crippen LogP contribution < -0.4 is 9.64 Å². The number of aromatic nitrogens is 3. The van der Waals surface area contributed by atoms with E-state index in [0.29, 0.717) is 11.3 Å². The van der Waals surface area contributed by atoms with Gasteiger partial charge in [-0.05, 0) is 57.2 Å². The fourth-order valence-corrected chi connectivity index (χ4v) is 4.27. The number of nitrogens with zero attached hydrogens (tertiary/aromatic N) is 4. The van der Waals surface area contributed by atoms with Gasteiger partial charge < -0.3 is 14.2 Å². The number of para-hydroxylation sites is 1. The lowest BCUT2D eigenvalue weighted by Crippen LogP contribution is -2.21. The standard InChI is InChI=1S/C23H28N4O2S/c1-5-26(6-2)18-14-12-17(13-15-18)22-24-25-23(27(22)7-3)30-16-20(28)19-10-8-9-11-21(19)29-4/h8-15H,5-7,16H2,1-4H3. The zero-order chi connectivity index (χ0) is 21.5. The molecule has 0 unspecified atom stereocenters. The second-order valence-electron chi connectivity index (χ2n) is 6.68. The van der Waals surface area contributed by atoms with Gasteiger partial charge in [0.2, 0.25) is 0 Å². The van der Waals surface area contributed by atoms with Crippen LogP contribution in [0.4, 0.5) is 5.69 Å². The van der Waals surface area contributed by atoms with E-state index in [-0.39, 0.29) is 11.5 Å². The maximum absolute atomic E-state index is 12.7. The summed E-state index contributed by atoms with van der Waals surface area (Å²) in [5, 5.41) is 9.48. The molecule has 30 heavy (non-hydrogen) atoms. The monoisotopic (exact) mass is 424 g/mol. The van der Waals surface area contributed by atoms with Crippen molar-refractivity contribution in [1.82, 2.24) is 14.8 Å². The maximum Gasteiger partial charge on any atom is 0.191 e. The minimum absolute atomic E-state index is 0.00762. The van der Waals surface area contributed by atoms with Gasteiger partial charge in [-0.15, -0.1) is 10.2 Å². The Kier molecular flexibility index (Phi) is 7.52. The van der Waals surface area contributed by atoms with Crippen molar-refractivity contribution in [1.29, 1.82) is 0 Å². The highest BCUT2D eigenvalue weighted by molar-refractivity contribution is 7.99. The average molecular weight is 425 g/mol. The van der Waals surface area contributed by atoms with Crippen molar-refractivity contribution in [3.63, 3.8) is 0 Å². The molecule has 0 saturated carbocycles. The fraction of sp³-hybridized carbons (Fsp3) is 0.348. The number of benzene rings is 2. The van der Waals surface area contributed by atoms with Crippen LogP contribution in [-0.4, -0.2) is 46.5 Å². The van der Waals surface area contributed by atoms with E-state index in [0.717, 1.165) is 36.2 Å². The first kappa shape index (κ1) is 21.9. The summed E-state index contributed by atoms with van der Waals surface area (Å²) >= 11 is 1.40. The molecule has 0 spiro atoms. The Morgan fingerprint density at radius 2 is 1.73 bits per heavy atom. The minimum atomic E-state index is 0.00762. The number of hydrogen-bond acceptors (Lipinski definition) is 6. The van der Waals surface area contributed by atoms with Gasteiger partial charge in [-0.1, -0.05) is 23.9 Å². The normalized spacial score (nSPS) is 10.8. The van der Waals surface area contributed by atoms with Gasteiger partial charge in [0.25, 0.3) is 0 Å². The van der Waals surface area contributed by atoms with Gasteiger partial charge in [0.1, 0.15) is 5.75 Å². The van der Waals surface area contributed by atoms with Gasteiger partial charge in [-0.3, -0.25) is 4.79 Å². The highest BCUT2D eigenvalue weighted by atomic mass is 32.2. The van der Waals surface area contributed by atoms with Gasteiger partial charge in [-0.25, -0.2) is 0 Å². The van der Waals surface area contributed by atoms with Crippen molar-refractivity contribution >= 4 is 23.2 Å². The van der Waals surface area contributed by atoms with Crippen molar-refractivity contribution in [2.75, 3.05) is 30.9 Å². The third kappa shape index (κ3) is 4.67. The number of ether oxygens (including phenoxy) is 1. The molecule has 0 atom stereocenters. The Hall–Kier alpha value is -2.80. The molecule has 1 heterocycles. The molecule has 158 valence electrons. The number of ketones is 1. The number of carbonyl (C=O) groups excluding carboxylic acids is 1. The van der Waals surface area contributed by atoms with Crippen molar-refractivity contribution < 1.29 is 9.53 Å². The zero-order valence-electron chi connectivity index (χ0n) is 18.0. The predicted molar refractivity (Wildman–Crippen MR) is 123 cm³/mol. The van der Waals surface area contributed by atoms with Crippen molar-refractivity contribution in [2.24, 2.45) is 0 Å². The lowest BCUT2D eigenvalue weighted by molar-refractivity contribution is 0.101. The molecule has 1 aromatic heterocycles. The van der Waals surface area contributed by atoms with Crippen molar-refractivity contribution in [3.05, 3.63) is 54.1 Å². The van der Waals surface area contributed by atoms with Crippen molar-refractivity contribution in [3.8, 4) is 17.1 Å². The Morgan fingerprint density at radius 3 is 2.37 bits per heavy atom. The molecule has 0 amide bonds. The second kappa shape index (κ2) is 10.3. The summed E-state index contributed by atoms with van der Waals surface area (Å²) in [4.78, 5) is 15.0. The van der Waals surface area contributed by atoms with Gasteiger partial charge in [0.15, 0.2) is 16.8 Å². The van der Waals surface area contributed by atoms with Gasteiger partial charge in [-0.2, -0.15) is 0 Å². The first-order valence-electron chi connectivity index (χ1n) is 10.2. The van der Waals surface area contributed by atoms with Crippen LogP contribution >= 0.6 is 11.8 Å². The molecule has 0 bridgehead atoms. The summed E-state index contributed by atoms with van der Waals surface area (Å²) in [6.45, 7) is 9.04. The Balaban J connectivity index is 1.76. The molecule has 0 saturated heterocycles. The minimum Gasteiger partial charge on any atom is -0.496 e. The Bertz CT molecular complexity index is 981. The van der Waals surface area contributed by atoms with E-state index in [9.17, 15) is 4.79 Å². The first-order chi connectivity index (χ1) is 14.6. The lowest BCUT2D eigenvalue weighted by atomic mass is 10.1. The van der Waals surface area contributed by atoms with E-state index in [4.69, 9.17) is 4.74 Å². The lowest BCUT2D eigenvalue weighted by Gasteiger charge is -2.21. The van der Waals surface area contributed by atoms with Gasteiger partial charge in [0, 0.05) is 30.9 Å². The zero-order valence-corrected chi connectivity index (χ0v) is 18.8. The molecule has 0 N–H and O–H groups in total. The summed E-state index contributed by atoms with van der Waals surface area (Å²) in [6, 6.07) is 15.7. The average Bonchev–Trinajstić information content (AvgIpc) is 3.21. The molecule has 0 aliphatic rings. The quantitative estimate of drug-likeness (QED) is 0.344. The van der Waals surface area contributed by atoms with Crippen LogP contribution in [0.15, 0.2) is 53.7 Å². The number of anilines is 1. The molecule has 3 aromatic rings. The van der Waals surface area contributed by atoms with Crippen LogP contribution in [0.5, 0.6) is 5.75 Å². The third-order valence-corrected chi connectivity index (χ3v) is 5.99. The molecule has 2 aromatic carbocycles. The summed E-state index contributed by atoms with van der Waals surface area (Å²) in [7, 11) is 1.57. The number of hydrogen-bond donors (Lipinski definition) is 0. The van der Waals surface area contributed by atoms with Crippen LogP contribution in [0.2, 0.25) is 0 Å². The number of thioether (sulfide) groups is 1. The van der Waals surface area contributed by atoms with E-state index in [1.54, 1.807) is 19.2 Å². The number of Topliss-reactive ketones (excluding diaryl/α,β-unsaturated/α-hetero) is 1. The van der Waals surface area contributed by atoms with Gasteiger partial charge >= 0.3 is 0 Å². The summed E-state index contributed by atoms with van der Waals surface area (Å²) < 4.78 is 7.35. The van der Waals surface area contributed by atoms with E-state index in [1.165, 1.54) is 17.4 Å². The fourth-order valence-electron chi connectivity index (χ4n) is 3.39. The maximum atomic E-state index is 12.7.